The average Bonchev–Trinajstić information content (AvgIpc) is 2.99. The molecule has 0 radical (unpaired) electrons. The molecule has 2 unspecified atom stereocenters. The molecule has 0 saturated carbocycles. The van der Waals surface area contributed by atoms with Crippen molar-refractivity contribution in [2.75, 3.05) is 66.1 Å². The number of hydrogen-bond donors (Lipinski definition) is 1. The van der Waals surface area contributed by atoms with Crippen molar-refractivity contribution in [2.45, 2.75) is 20.3 Å². The first-order valence-corrected chi connectivity index (χ1v) is 9.06. The van der Waals surface area contributed by atoms with Crippen molar-refractivity contribution >= 4 is 35.9 Å². The van der Waals surface area contributed by atoms with E-state index < -0.39 is 0 Å². The third-order valence-electron chi connectivity index (χ3n) is 4.75. The summed E-state index contributed by atoms with van der Waals surface area (Å²) in [5.74, 6) is 1.02. The number of hydrogen-bond acceptors (Lipinski definition) is 5. The first-order chi connectivity index (χ1) is 11.7. The van der Waals surface area contributed by atoms with Crippen LogP contribution in [0.1, 0.15) is 20.3 Å². The summed E-state index contributed by atoms with van der Waals surface area (Å²) in [6.45, 7) is 12.1. The molecule has 0 aliphatic carbocycles. The van der Waals surface area contributed by atoms with Gasteiger partial charge in [0.05, 0.1) is 26.2 Å². The number of carbonyl (C=O) groups excluding carboxylic acids is 1. The molecule has 0 spiro atoms. The lowest BCUT2D eigenvalue weighted by molar-refractivity contribution is -0.145. The van der Waals surface area contributed by atoms with E-state index in [0.717, 1.165) is 64.9 Å². The van der Waals surface area contributed by atoms with Crippen molar-refractivity contribution in [1.82, 2.24) is 15.1 Å². The molecule has 25 heavy (non-hydrogen) atoms. The van der Waals surface area contributed by atoms with Gasteiger partial charge in [0.2, 0.25) is 0 Å². The van der Waals surface area contributed by atoms with Crippen LogP contribution < -0.4 is 5.32 Å². The zero-order valence-electron chi connectivity index (χ0n) is 15.7. The molecule has 2 rings (SSSR count). The topological polar surface area (TPSA) is 66.4 Å². The maximum atomic E-state index is 11.9. The van der Waals surface area contributed by atoms with E-state index in [4.69, 9.17) is 14.5 Å². The molecule has 2 fully saturated rings. The molecular weight excluding hydrogens is 435 g/mol. The fourth-order valence-electron chi connectivity index (χ4n) is 3.33. The molecule has 2 saturated heterocycles. The lowest BCUT2D eigenvalue weighted by Gasteiger charge is -2.26. The second-order valence-electron chi connectivity index (χ2n) is 6.56. The number of esters is 1. The Morgan fingerprint density at radius 3 is 2.68 bits per heavy atom. The van der Waals surface area contributed by atoms with Crippen LogP contribution in [0.5, 0.6) is 0 Å². The van der Waals surface area contributed by atoms with Crippen molar-refractivity contribution in [3.05, 3.63) is 0 Å². The zero-order valence-corrected chi connectivity index (χ0v) is 18.0. The SMILES string of the molecule is CCNC(=NCCCN1CCOCC1)N1CC(C)C(C(=O)OC)C1.I. The Balaban J connectivity index is 0.00000312. The van der Waals surface area contributed by atoms with Crippen molar-refractivity contribution in [3.63, 3.8) is 0 Å². The lowest BCUT2D eigenvalue weighted by Crippen LogP contribution is -2.41. The van der Waals surface area contributed by atoms with Crippen molar-refractivity contribution in [3.8, 4) is 0 Å². The van der Waals surface area contributed by atoms with E-state index >= 15 is 0 Å². The lowest BCUT2D eigenvalue weighted by atomic mass is 9.99. The Hall–Kier alpha value is -0.610. The molecule has 2 atom stereocenters. The van der Waals surface area contributed by atoms with Crippen molar-refractivity contribution < 1.29 is 14.3 Å². The maximum Gasteiger partial charge on any atom is 0.310 e. The molecule has 1 N–H and O–H groups in total. The summed E-state index contributed by atoms with van der Waals surface area (Å²) in [5, 5.41) is 3.35. The van der Waals surface area contributed by atoms with Crippen LogP contribution in [-0.2, 0) is 14.3 Å². The number of nitrogens with zero attached hydrogens (tertiary/aromatic N) is 3. The number of aliphatic imine (C=N–C) groups is 1. The number of nitrogens with one attached hydrogen (secondary N) is 1. The predicted octanol–water partition coefficient (Wildman–Crippen LogP) is 1.03. The highest BCUT2D eigenvalue weighted by atomic mass is 127. The van der Waals surface area contributed by atoms with Crippen LogP contribution in [0.3, 0.4) is 0 Å². The number of halogens is 1. The quantitative estimate of drug-likeness (QED) is 0.207. The molecular formula is C17H33IN4O3. The van der Waals surface area contributed by atoms with E-state index in [0.29, 0.717) is 6.54 Å². The largest absolute Gasteiger partial charge is 0.469 e. The standard InChI is InChI=1S/C17H32N4O3.HI/c1-4-18-17(19-6-5-7-20-8-10-24-11-9-20)21-12-14(2)15(13-21)16(22)23-3;/h14-15H,4-13H2,1-3H3,(H,18,19);1H. The Kier molecular flexibility index (Phi) is 10.7. The van der Waals surface area contributed by atoms with E-state index in [-0.39, 0.29) is 41.8 Å². The summed E-state index contributed by atoms with van der Waals surface area (Å²) in [6.07, 6.45) is 1.04. The number of likely N-dealkylation sites (tertiary alicyclic amines) is 1. The molecule has 0 bridgehead atoms. The summed E-state index contributed by atoms with van der Waals surface area (Å²) >= 11 is 0. The highest BCUT2D eigenvalue weighted by molar-refractivity contribution is 14.0. The summed E-state index contributed by atoms with van der Waals surface area (Å²) < 4.78 is 10.3. The van der Waals surface area contributed by atoms with Crippen LogP contribution in [0.25, 0.3) is 0 Å². The zero-order chi connectivity index (χ0) is 17.4. The van der Waals surface area contributed by atoms with Gasteiger partial charge in [0.25, 0.3) is 0 Å². The Bertz CT molecular complexity index is 430. The third-order valence-corrected chi connectivity index (χ3v) is 4.75. The van der Waals surface area contributed by atoms with Gasteiger partial charge in [-0.1, -0.05) is 6.92 Å². The van der Waals surface area contributed by atoms with Gasteiger partial charge < -0.3 is 19.7 Å². The fourth-order valence-corrected chi connectivity index (χ4v) is 3.33. The van der Waals surface area contributed by atoms with Gasteiger partial charge in [-0.3, -0.25) is 14.7 Å². The van der Waals surface area contributed by atoms with E-state index in [1.54, 1.807) is 0 Å². The average molecular weight is 468 g/mol. The van der Waals surface area contributed by atoms with E-state index in [9.17, 15) is 4.79 Å². The molecule has 0 amide bonds. The monoisotopic (exact) mass is 468 g/mol. The van der Waals surface area contributed by atoms with Gasteiger partial charge in [0, 0.05) is 45.8 Å². The first-order valence-electron chi connectivity index (χ1n) is 9.06. The number of ether oxygens (including phenoxy) is 2. The normalized spacial score (nSPS) is 24.8. The molecule has 0 aromatic carbocycles. The second kappa shape index (κ2) is 11.9. The summed E-state index contributed by atoms with van der Waals surface area (Å²) in [4.78, 5) is 21.2. The number of methoxy groups -OCH3 is 1. The molecule has 2 aliphatic heterocycles. The van der Waals surface area contributed by atoms with Gasteiger partial charge in [-0.25, -0.2) is 0 Å². The number of guanidine groups is 1. The van der Waals surface area contributed by atoms with Crippen molar-refractivity contribution in [2.24, 2.45) is 16.8 Å². The van der Waals surface area contributed by atoms with Gasteiger partial charge >= 0.3 is 5.97 Å². The van der Waals surface area contributed by atoms with E-state index in [1.165, 1.54) is 7.11 Å². The third kappa shape index (κ3) is 6.90. The Labute approximate surface area is 168 Å². The maximum absolute atomic E-state index is 11.9. The molecule has 8 heteroatoms. The minimum absolute atomic E-state index is 0. The van der Waals surface area contributed by atoms with Gasteiger partial charge in [0.15, 0.2) is 5.96 Å². The minimum Gasteiger partial charge on any atom is -0.469 e. The number of carbonyl (C=O) groups is 1. The highest BCUT2D eigenvalue weighted by Crippen LogP contribution is 2.24. The fraction of sp³-hybridized carbons (Fsp3) is 0.882. The van der Waals surface area contributed by atoms with Gasteiger partial charge in [0.1, 0.15) is 0 Å². The van der Waals surface area contributed by atoms with Crippen LogP contribution in [0.2, 0.25) is 0 Å². The van der Waals surface area contributed by atoms with Gasteiger partial charge in [-0.05, 0) is 19.3 Å². The van der Waals surface area contributed by atoms with E-state index in [1.807, 2.05) is 0 Å². The minimum atomic E-state index is -0.117. The predicted molar refractivity (Wildman–Crippen MR) is 110 cm³/mol. The van der Waals surface area contributed by atoms with Crippen molar-refractivity contribution in [1.29, 1.82) is 0 Å². The highest BCUT2D eigenvalue weighted by Gasteiger charge is 2.36. The molecule has 2 heterocycles. The molecule has 146 valence electrons. The van der Waals surface area contributed by atoms with Crippen LogP contribution in [-0.4, -0.2) is 87.9 Å². The summed E-state index contributed by atoms with van der Waals surface area (Å²) in [5.41, 5.74) is 0. The summed E-state index contributed by atoms with van der Waals surface area (Å²) in [7, 11) is 1.46. The molecule has 0 aromatic heterocycles. The van der Waals surface area contributed by atoms with Crippen LogP contribution >= 0.6 is 24.0 Å². The van der Waals surface area contributed by atoms with Crippen LogP contribution in [0, 0.1) is 11.8 Å². The Morgan fingerprint density at radius 2 is 2.04 bits per heavy atom. The number of rotatable bonds is 6. The van der Waals surface area contributed by atoms with E-state index in [2.05, 4.69) is 29.0 Å². The van der Waals surface area contributed by atoms with Gasteiger partial charge in [-0.15, -0.1) is 24.0 Å². The summed E-state index contributed by atoms with van der Waals surface area (Å²) in [6, 6.07) is 0. The Morgan fingerprint density at radius 1 is 1.32 bits per heavy atom. The van der Waals surface area contributed by atoms with Crippen LogP contribution in [0.15, 0.2) is 4.99 Å². The molecule has 2 aliphatic rings. The van der Waals surface area contributed by atoms with Gasteiger partial charge in [-0.2, -0.15) is 0 Å². The molecule has 7 nitrogen and oxygen atoms in total. The van der Waals surface area contributed by atoms with Crippen LogP contribution in [0.4, 0.5) is 0 Å². The smallest absolute Gasteiger partial charge is 0.310 e. The molecule has 0 aromatic rings. The second-order valence-corrected chi connectivity index (χ2v) is 6.56. The first kappa shape index (κ1) is 22.4. The number of morpholine rings is 1.